The standard InChI is InChI=1S/C11H20O3S/c1-13-7-10(12)9-2-4-14-11(6-9)3-5-15-8-11/h9-10,12H,2-8H2,1H3. The molecule has 1 N–H and O–H groups in total. The third kappa shape index (κ3) is 2.67. The van der Waals surface area contributed by atoms with Crippen molar-refractivity contribution in [1.82, 2.24) is 0 Å². The van der Waals surface area contributed by atoms with E-state index >= 15 is 0 Å². The number of methoxy groups -OCH3 is 1. The summed E-state index contributed by atoms with van der Waals surface area (Å²) >= 11 is 1.97. The van der Waals surface area contributed by atoms with E-state index in [1.54, 1.807) is 7.11 Å². The first-order valence-electron chi connectivity index (χ1n) is 5.64. The Bertz CT molecular complexity index is 204. The predicted molar refractivity (Wildman–Crippen MR) is 61.2 cm³/mol. The molecule has 0 aromatic rings. The molecule has 3 unspecified atom stereocenters. The van der Waals surface area contributed by atoms with Gasteiger partial charge in [0.25, 0.3) is 0 Å². The number of hydrogen-bond donors (Lipinski definition) is 1. The fourth-order valence-electron chi connectivity index (χ4n) is 2.56. The van der Waals surface area contributed by atoms with Gasteiger partial charge in [-0.05, 0) is 30.9 Å². The van der Waals surface area contributed by atoms with Crippen LogP contribution in [0.2, 0.25) is 0 Å². The molecule has 0 aromatic heterocycles. The average molecular weight is 232 g/mol. The van der Waals surface area contributed by atoms with Crippen LogP contribution in [0.25, 0.3) is 0 Å². The van der Waals surface area contributed by atoms with Crippen LogP contribution in [0.1, 0.15) is 19.3 Å². The molecule has 2 rings (SSSR count). The molecule has 3 atom stereocenters. The van der Waals surface area contributed by atoms with Gasteiger partial charge in [-0.3, -0.25) is 0 Å². The lowest BCUT2D eigenvalue weighted by Gasteiger charge is -2.39. The summed E-state index contributed by atoms with van der Waals surface area (Å²) in [4.78, 5) is 0. The molecule has 2 saturated heterocycles. The Balaban J connectivity index is 1.91. The van der Waals surface area contributed by atoms with Crippen LogP contribution in [0.15, 0.2) is 0 Å². The first-order chi connectivity index (χ1) is 7.26. The molecule has 4 heteroatoms. The minimum atomic E-state index is -0.318. The van der Waals surface area contributed by atoms with Crippen molar-refractivity contribution in [2.24, 2.45) is 5.92 Å². The Kier molecular flexibility index (Phi) is 3.93. The molecule has 0 aliphatic carbocycles. The van der Waals surface area contributed by atoms with Gasteiger partial charge in [-0.1, -0.05) is 0 Å². The van der Waals surface area contributed by atoms with E-state index in [0.29, 0.717) is 12.5 Å². The molecule has 0 bridgehead atoms. The first-order valence-corrected chi connectivity index (χ1v) is 6.80. The smallest absolute Gasteiger partial charge is 0.0803 e. The van der Waals surface area contributed by atoms with Crippen LogP contribution in [0.4, 0.5) is 0 Å². The van der Waals surface area contributed by atoms with Gasteiger partial charge in [0.05, 0.1) is 18.3 Å². The third-order valence-corrected chi connectivity index (χ3v) is 4.70. The van der Waals surface area contributed by atoms with E-state index in [1.807, 2.05) is 11.8 Å². The second-order valence-electron chi connectivity index (χ2n) is 4.61. The van der Waals surface area contributed by atoms with Crippen molar-refractivity contribution in [3.8, 4) is 0 Å². The van der Waals surface area contributed by atoms with Crippen LogP contribution in [0.3, 0.4) is 0 Å². The van der Waals surface area contributed by atoms with Crippen LogP contribution in [0.5, 0.6) is 0 Å². The average Bonchev–Trinajstić information content (AvgIpc) is 2.67. The van der Waals surface area contributed by atoms with Crippen LogP contribution >= 0.6 is 11.8 Å². The van der Waals surface area contributed by atoms with E-state index in [0.717, 1.165) is 31.6 Å². The fourth-order valence-corrected chi connectivity index (χ4v) is 3.94. The SMILES string of the molecule is COCC(O)C1CCOC2(CCSC2)C1. The van der Waals surface area contributed by atoms with Gasteiger partial charge in [0.2, 0.25) is 0 Å². The summed E-state index contributed by atoms with van der Waals surface area (Å²) in [7, 11) is 1.64. The largest absolute Gasteiger partial charge is 0.390 e. The number of aliphatic hydroxyl groups is 1. The van der Waals surface area contributed by atoms with Gasteiger partial charge in [-0.25, -0.2) is 0 Å². The summed E-state index contributed by atoms with van der Waals surface area (Å²) in [5, 5.41) is 9.93. The van der Waals surface area contributed by atoms with Gasteiger partial charge in [-0.2, -0.15) is 11.8 Å². The fraction of sp³-hybridized carbons (Fsp3) is 1.00. The number of aliphatic hydroxyl groups excluding tert-OH is 1. The highest BCUT2D eigenvalue weighted by atomic mass is 32.2. The normalized spacial score (nSPS) is 38.4. The zero-order valence-corrected chi connectivity index (χ0v) is 10.1. The lowest BCUT2D eigenvalue weighted by Crippen LogP contribution is -2.44. The molecular formula is C11H20O3S. The van der Waals surface area contributed by atoms with E-state index in [9.17, 15) is 5.11 Å². The summed E-state index contributed by atoms with van der Waals surface area (Å²) in [6.07, 6.45) is 2.80. The van der Waals surface area contributed by atoms with Gasteiger partial charge < -0.3 is 14.6 Å². The topological polar surface area (TPSA) is 38.7 Å². The van der Waals surface area contributed by atoms with E-state index in [-0.39, 0.29) is 11.7 Å². The highest BCUT2D eigenvalue weighted by molar-refractivity contribution is 7.99. The molecule has 0 aromatic carbocycles. The summed E-state index contributed by atoms with van der Waals surface area (Å²) < 4.78 is 10.9. The van der Waals surface area contributed by atoms with Crippen molar-refractivity contribution in [3.05, 3.63) is 0 Å². The Morgan fingerprint density at radius 2 is 2.53 bits per heavy atom. The van der Waals surface area contributed by atoms with E-state index in [4.69, 9.17) is 9.47 Å². The van der Waals surface area contributed by atoms with Crippen molar-refractivity contribution in [3.63, 3.8) is 0 Å². The molecule has 1 spiro atoms. The van der Waals surface area contributed by atoms with Gasteiger partial charge in [-0.15, -0.1) is 0 Å². The van der Waals surface area contributed by atoms with Crippen molar-refractivity contribution >= 4 is 11.8 Å². The minimum Gasteiger partial charge on any atom is -0.390 e. The minimum absolute atomic E-state index is 0.0717. The zero-order valence-electron chi connectivity index (χ0n) is 9.28. The molecule has 2 aliphatic rings. The molecule has 88 valence electrons. The maximum Gasteiger partial charge on any atom is 0.0803 e. The lowest BCUT2D eigenvalue weighted by atomic mass is 9.82. The highest BCUT2D eigenvalue weighted by Gasteiger charge is 2.42. The van der Waals surface area contributed by atoms with Crippen LogP contribution < -0.4 is 0 Å². The monoisotopic (exact) mass is 232 g/mol. The Morgan fingerprint density at radius 1 is 1.67 bits per heavy atom. The van der Waals surface area contributed by atoms with Crippen LogP contribution in [-0.4, -0.2) is 48.6 Å². The van der Waals surface area contributed by atoms with Crippen molar-refractivity contribution in [1.29, 1.82) is 0 Å². The zero-order chi connectivity index (χ0) is 10.7. The van der Waals surface area contributed by atoms with Gasteiger partial charge in [0.15, 0.2) is 0 Å². The van der Waals surface area contributed by atoms with Gasteiger partial charge >= 0.3 is 0 Å². The molecule has 15 heavy (non-hydrogen) atoms. The van der Waals surface area contributed by atoms with Gasteiger partial charge in [0, 0.05) is 19.5 Å². The number of ether oxygens (including phenoxy) is 2. The highest BCUT2D eigenvalue weighted by Crippen LogP contribution is 2.41. The molecule has 0 amide bonds. The molecule has 3 nitrogen and oxygen atoms in total. The van der Waals surface area contributed by atoms with E-state index in [2.05, 4.69) is 0 Å². The van der Waals surface area contributed by atoms with Crippen LogP contribution in [0, 0.1) is 5.92 Å². The maximum atomic E-state index is 9.93. The van der Waals surface area contributed by atoms with E-state index < -0.39 is 0 Å². The second kappa shape index (κ2) is 5.04. The lowest BCUT2D eigenvalue weighted by molar-refractivity contribution is -0.109. The van der Waals surface area contributed by atoms with Crippen molar-refractivity contribution < 1.29 is 14.6 Å². The molecule has 0 saturated carbocycles. The summed E-state index contributed by atoms with van der Waals surface area (Å²) in [6, 6.07) is 0. The molecule has 2 heterocycles. The van der Waals surface area contributed by atoms with Gasteiger partial charge in [0.1, 0.15) is 0 Å². The third-order valence-electron chi connectivity index (χ3n) is 3.48. The second-order valence-corrected chi connectivity index (χ2v) is 5.71. The molecular weight excluding hydrogens is 212 g/mol. The Hall–Kier alpha value is 0.230. The molecule has 2 aliphatic heterocycles. The predicted octanol–water partition coefficient (Wildman–Crippen LogP) is 1.30. The number of hydrogen-bond acceptors (Lipinski definition) is 4. The molecule has 0 radical (unpaired) electrons. The summed E-state index contributed by atoms with van der Waals surface area (Å²) in [5.41, 5.74) is 0.0717. The van der Waals surface area contributed by atoms with Crippen molar-refractivity contribution in [2.75, 3.05) is 31.8 Å². The van der Waals surface area contributed by atoms with Crippen LogP contribution in [-0.2, 0) is 9.47 Å². The maximum absolute atomic E-state index is 9.93. The van der Waals surface area contributed by atoms with E-state index in [1.165, 1.54) is 5.75 Å². The first kappa shape index (κ1) is 11.7. The summed E-state index contributed by atoms with van der Waals surface area (Å²) in [6.45, 7) is 1.25. The number of rotatable bonds is 3. The number of thioether (sulfide) groups is 1. The van der Waals surface area contributed by atoms with Crippen molar-refractivity contribution in [2.45, 2.75) is 31.0 Å². The Morgan fingerprint density at radius 3 is 3.20 bits per heavy atom. The molecule has 2 fully saturated rings. The quantitative estimate of drug-likeness (QED) is 0.796. The Labute approximate surface area is 95.5 Å². The summed E-state index contributed by atoms with van der Waals surface area (Å²) in [5.74, 6) is 2.66.